The first-order valence-electron chi connectivity index (χ1n) is 13.3. The minimum atomic E-state index is -0.877. The van der Waals surface area contributed by atoms with Crippen molar-refractivity contribution >= 4 is 22.8 Å². The van der Waals surface area contributed by atoms with Crippen LogP contribution in [-0.4, -0.2) is 58.4 Å². The first-order chi connectivity index (χ1) is 16.9. The van der Waals surface area contributed by atoms with E-state index in [-0.39, 0.29) is 5.91 Å². The molecule has 0 bridgehead atoms. The maximum absolute atomic E-state index is 12.9. The van der Waals surface area contributed by atoms with Gasteiger partial charge in [0.05, 0.1) is 12.0 Å². The molecule has 0 radical (unpaired) electrons. The number of fused-ring (bicyclic) bond motifs is 1. The summed E-state index contributed by atoms with van der Waals surface area (Å²) in [5, 5.41) is 11.2. The number of benzene rings is 1. The second-order valence-electron chi connectivity index (χ2n) is 8.90. The molecule has 2 N–H and O–H groups in total. The zero-order valence-corrected chi connectivity index (χ0v) is 22.7. The SMILES string of the molecule is CC.CCC/C=C\CC(C(=O)O)C(c1c[nH]c2ccccc12)N(CCCN(C)CCCC)C(C)=O. The number of aromatic nitrogens is 1. The highest BCUT2D eigenvalue weighted by Gasteiger charge is 2.36. The van der Waals surface area contributed by atoms with Crippen molar-refractivity contribution in [1.82, 2.24) is 14.8 Å². The molecule has 0 aliphatic heterocycles. The second-order valence-corrected chi connectivity index (χ2v) is 8.90. The number of allylic oxidation sites excluding steroid dienone is 2. The lowest BCUT2D eigenvalue weighted by atomic mass is 9.88. The monoisotopic (exact) mass is 485 g/mol. The van der Waals surface area contributed by atoms with Crippen molar-refractivity contribution in [1.29, 1.82) is 0 Å². The van der Waals surface area contributed by atoms with Crippen LogP contribution in [0.1, 0.15) is 84.7 Å². The number of carbonyl (C=O) groups is 2. The fourth-order valence-corrected chi connectivity index (χ4v) is 4.38. The van der Waals surface area contributed by atoms with Gasteiger partial charge < -0.3 is 19.9 Å². The lowest BCUT2D eigenvalue weighted by molar-refractivity contribution is -0.146. The summed E-state index contributed by atoms with van der Waals surface area (Å²) in [4.78, 5) is 32.7. The third kappa shape index (κ3) is 9.52. The molecule has 2 atom stereocenters. The Bertz CT molecular complexity index is 905. The van der Waals surface area contributed by atoms with E-state index in [1.54, 1.807) is 11.8 Å². The van der Waals surface area contributed by atoms with E-state index >= 15 is 0 Å². The van der Waals surface area contributed by atoms with Crippen molar-refractivity contribution in [3.63, 3.8) is 0 Å². The molecular weight excluding hydrogens is 438 g/mol. The normalized spacial score (nSPS) is 13.0. The maximum Gasteiger partial charge on any atom is 0.309 e. The molecule has 2 aromatic rings. The summed E-state index contributed by atoms with van der Waals surface area (Å²) in [6.45, 7) is 12.3. The lowest BCUT2D eigenvalue weighted by Crippen LogP contribution is -2.41. The zero-order valence-electron chi connectivity index (χ0n) is 22.7. The summed E-state index contributed by atoms with van der Waals surface area (Å²) in [6, 6.07) is 7.34. The average Bonchev–Trinajstić information content (AvgIpc) is 3.28. The van der Waals surface area contributed by atoms with E-state index < -0.39 is 17.9 Å². The van der Waals surface area contributed by atoms with E-state index in [0.29, 0.717) is 13.0 Å². The Hall–Kier alpha value is -2.60. The van der Waals surface area contributed by atoms with Gasteiger partial charge in [0, 0.05) is 36.1 Å². The number of unbranched alkanes of at least 4 members (excludes halogenated alkanes) is 2. The van der Waals surface area contributed by atoms with Gasteiger partial charge >= 0.3 is 5.97 Å². The van der Waals surface area contributed by atoms with Crippen molar-refractivity contribution in [3.8, 4) is 0 Å². The summed E-state index contributed by atoms with van der Waals surface area (Å²) >= 11 is 0. The van der Waals surface area contributed by atoms with Crippen LogP contribution >= 0.6 is 0 Å². The van der Waals surface area contributed by atoms with E-state index in [1.165, 1.54) is 0 Å². The first-order valence-corrected chi connectivity index (χ1v) is 13.3. The molecule has 196 valence electrons. The zero-order chi connectivity index (χ0) is 26.2. The van der Waals surface area contributed by atoms with Gasteiger partial charge in [0.25, 0.3) is 0 Å². The Balaban J connectivity index is 0.00000298. The van der Waals surface area contributed by atoms with E-state index in [1.807, 2.05) is 56.5 Å². The molecule has 6 nitrogen and oxygen atoms in total. The minimum Gasteiger partial charge on any atom is -0.481 e. The molecule has 1 amide bonds. The van der Waals surface area contributed by atoms with Gasteiger partial charge in [-0.3, -0.25) is 9.59 Å². The largest absolute Gasteiger partial charge is 0.481 e. The van der Waals surface area contributed by atoms with Crippen LogP contribution in [0.5, 0.6) is 0 Å². The molecule has 6 heteroatoms. The van der Waals surface area contributed by atoms with E-state index in [9.17, 15) is 14.7 Å². The standard InChI is InChI=1S/C27H41N3O3.C2H6/c1-5-7-9-10-15-23(27(32)33)26(24-20-28-25-16-12-11-14-22(24)25)30(21(3)31)19-13-18-29(4)17-8-6-2;1-2/h9-12,14,16,20,23,26,28H,5-8,13,15,17-19H2,1-4H3,(H,32,33);1-2H3/b10-9-;. The van der Waals surface area contributed by atoms with E-state index in [2.05, 4.69) is 30.8 Å². The number of amides is 1. The fourth-order valence-electron chi connectivity index (χ4n) is 4.38. The van der Waals surface area contributed by atoms with Crippen LogP contribution in [0.2, 0.25) is 0 Å². The van der Waals surface area contributed by atoms with Crippen molar-refractivity contribution in [2.45, 2.75) is 79.2 Å². The summed E-state index contributed by atoms with van der Waals surface area (Å²) in [6.07, 6.45) is 11.3. The number of aromatic amines is 1. The van der Waals surface area contributed by atoms with Crippen LogP contribution in [0.3, 0.4) is 0 Å². The van der Waals surface area contributed by atoms with Crippen molar-refractivity contribution in [3.05, 3.63) is 48.2 Å². The number of carboxylic acid groups (broad SMARTS) is 1. The second kappa shape index (κ2) is 16.9. The Morgan fingerprint density at radius 3 is 2.34 bits per heavy atom. The molecule has 0 aliphatic carbocycles. The van der Waals surface area contributed by atoms with Gasteiger partial charge in [0.15, 0.2) is 0 Å². The smallest absolute Gasteiger partial charge is 0.309 e. The first kappa shape index (κ1) is 30.4. The third-order valence-electron chi connectivity index (χ3n) is 6.22. The lowest BCUT2D eigenvalue weighted by Gasteiger charge is -2.35. The van der Waals surface area contributed by atoms with Gasteiger partial charge in [-0.15, -0.1) is 0 Å². The van der Waals surface area contributed by atoms with Crippen LogP contribution < -0.4 is 0 Å². The maximum atomic E-state index is 12.9. The number of carbonyl (C=O) groups excluding carboxylic acids is 1. The molecule has 2 rings (SSSR count). The summed E-state index contributed by atoms with van der Waals surface area (Å²) in [7, 11) is 2.10. The number of H-pyrrole nitrogens is 1. The fraction of sp³-hybridized carbons (Fsp3) is 0.586. The average molecular weight is 486 g/mol. The van der Waals surface area contributed by atoms with Crippen molar-refractivity contribution in [2.75, 3.05) is 26.7 Å². The number of carboxylic acids is 1. The molecule has 0 saturated carbocycles. The van der Waals surface area contributed by atoms with E-state index in [4.69, 9.17) is 0 Å². The van der Waals surface area contributed by atoms with E-state index in [0.717, 1.165) is 61.7 Å². The topological polar surface area (TPSA) is 76.6 Å². The van der Waals surface area contributed by atoms with Crippen LogP contribution in [0.15, 0.2) is 42.6 Å². The Kier molecular flexibility index (Phi) is 14.7. The van der Waals surface area contributed by atoms with Gasteiger partial charge in [-0.05, 0) is 51.9 Å². The molecule has 1 aromatic heterocycles. The third-order valence-corrected chi connectivity index (χ3v) is 6.22. The van der Waals surface area contributed by atoms with Gasteiger partial charge in [-0.25, -0.2) is 0 Å². The molecule has 0 saturated heterocycles. The molecule has 0 aliphatic rings. The minimum absolute atomic E-state index is 0.0923. The molecule has 1 heterocycles. The molecule has 2 unspecified atom stereocenters. The highest BCUT2D eigenvalue weighted by atomic mass is 16.4. The van der Waals surface area contributed by atoms with Gasteiger partial charge in [0.1, 0.15) is 0 Å². The number of rotatable bonds is 15. The Morgan fingerprint density at radius 2 is 1.71 bits per heavy atom. The Labute approximate surface area is 212 Å². The number of nitrogens with one attached hydrogen (secondary N) is 1. The van der Waals surface area contributed by atoms with Gasteiger partial charge in [-0.2, -0.15) is 0 Å². The molecule has 35 heavy (non-hydrogen) atoms. The number of hydrogen-bond donors (Lipinski definition) is 2. The number of para-hydroxylation sites is 1. The van der Waals surface area contributed by atoms with Crippen LogP contribution in [-0.2, 0) is 9.59 Å². The van der Waals surface area contributed by atoms with Crippen LogP contribution in [0.4, 0.5) is 0 Å². The predicted octanol–water partition coefficient (Wildman–Crippen LogP) is 6.65. The molecule has 0 spiro atoms. The molecule has 1 aromatic carbocycles. The van der Waals surface area contributed by atoms with Crippen LogP contribution in [0, 0.1) is 5.92 Å². The number of hydrogen-bond acceptors (Lipinski definition) is 3. The van der Waals surface area contributed by atoms with Crippen molar-refractivity contribution < 1.29 is 14.7 Å². The number of nitrogens with zero attached hydrogens (tertiary/aromatic N) is 2. The quantitative estimate of drug-likeness (QED) is 0.277. The Morgan fingerprint density at radius 1 is 1.03 bits per heavy atom. The van der Waals surface area contributed by atoms with Gasteiger partial charge in [0.2, 0.25) is 5.91 Å². The van der Waals surface area contributed by atoms with Gasteiger partial charge in [-0.1, -0.05) is 70.9 Å². The number of aliphatic carboxylic acids is 1. The summed E-state index contributed by atoms with van der Waals surface area (Å²) < 4.78 is 0. The molecule has 0 fully saturated rings. The highest BCUT2D eigenvalue weighted by Crippen LogP contribution is 2.36. The predicted molar refractivity (Wildman–Crippen MR) is 147 cm³/mol. The highest BCUT2D eigenvalue weighted by molar-refractivity contribution is 5.86. The molecular formula is C29H47N3O3. The van der Waals surface area contributed by atoms with Crippen molar-refractivity contribution in [2.24, 2.45) is 5.92 Å². The summed E-state index contributed by atoms with van der Waals surface area (Å²) in [5.41, 5.74) is 1.82. The summed E-state index contributed by atoms with van der Waals surface area (Å²) in [5.74, 6) is -1.69. The van der Waals surface area contributed by atoms with Crippen LogP contribution in [0.25, 0.3) is 10.9 Å².